The third-order valence-corrected chi connectivity index (χ3v) is 4.58. The Morgan fingerprint density at radius 2 is 2.06 bits per heavy atom. The highest BCUT2D eigenvalue weighted by atomic mass is 32.2. The molecule has 0 aromatic carbocycles. The molecule has 6 nitrogen and oxygen atoms in total. The van der Waals surface area contributed by atoms with Gasteiger partial charge in [-0.15, -0.1) is 0 Å². The van der Waals surface area contributed by atoms with E-state index in [1.807, 2.05) is 6.92 Å². The molecule has 0 saturated carbocycles. The van der Waals surface area contributed by atoms with Gasteiger partial charge in [0, 0.05) is 19.6 Å². The Balaban J connectivity index is 2.87. The Morgan fingerprint density at radius 1 is 1.44 bits per heavy atom. The van der Waals surface area contributed by atoms with Crippen molar-refractivity contribution in [1.82, 2.24) is 14.5 Å². The van der Waals surface area contributed by atoms with Gasteiger partial charge in [-0.1, -0.05) is 13.3 Å². The Bertz CT molecular complexity index is 507. The van der Waals surface area contributed by atoms with E-state index in [1.54, 1.807) is 25.6 Å². The van der Waals surface area contributed by atoms with Crippen LogP contribution in [0.1, 0.15) is 31.2 Å². The summed E-state index contributed by atoms with van der Waals surface area (Å²) in [6.45, 7) is 5.70. The smallest absolute Gasteiger partial charge is 0.244 e. The summed E-state index contributed by atoms with van der Waals surface area (Å²) in [7, 11) is -1.80. The first-order valence-electron chi connectivity index (χ1n) is 6.05. The summed E-state index contributed by atoms with van der Waals surface area (Å²) >= 11 is 0. The van der Waals surface area contributed by atoms with Crippen molar-refractivity contribution in [2.45, 2.75) is 44.6 Å². The van der Waals surface area contributed by atoms with Gasteiger partial charge in [0.15, 0.2) is 0 Å². The molecule has 1 aromatic rings. The second kappa shape index (κ2) is 5.81. The van der Waals surface area contributed by atoms with Gasteiger partial charge in [-0.3, -0.25) is 4.68 Å². The maximum Gasteiger partial charge on any atom is 0.244 e. The molecule has 1 heterocycles. The summed E-state index contributed by atoms with van der Waals surface area (Å²) in [5.41, 5.74) is 6.94. The molecule has 1 unspecified atom stereocenters. The molecule has 0 bridgehead atoms. The number of nitrogens with two attached hydrogens (primary N) is 1. The molecular weight excluding hydrogens is 252 g/mol. The Morgan fingerprint density at radius 3 is 2.50 bits per heavy atom. The lowest BCUT2D eigenvalue weighted by molar-refractivity contribution is 0.551. The number of aromatic nitrogens is 2. The molecule has 1 rings (SSSR count). The number of nitrogens with zero attached hydrogens (tertiary/aromatic N) is 2. The van der Waals surface area contributed by atoms with Crippen LogP contribution in [0, 0.1) is 13.8 Å². The van der Waals surface area contributed by atoms with Crippen molar-refractivity contribution in [3.8, 4) is 0 Å². The molecule has 0 aliphatic rings. The highest BCUT2D eigenvalue weighted by Crippen LogP contribution is 2.18. The molecule has 0 fully saturated rings. The lowest BCUT2D eigenvalue weighted by Crippen LogP contribution is -2.37. The molecule has 18 heavy (non-hydrogen) atoms. The number of aryl methyl sites for hydroxylation is 2. The van der Waals surface area contributed by atoms with Crippen molar-refractivity contribution in [3.05, 3.63) is 11.4 Å². The van der Waals surface area contributed by atoms with Crippen LogP contribution in [0.15, 0.2) is 4.90 Å². The normalized spacial score (nSPS) is 13.8. The number of hydrogen-bond acceptors (Lipinski definition) is 4. The number of rotatable bonds is 6. The van der Waals surface area contributed by atoms with Crippen molar-refractivity contribution >= 4 is 10.0 Å². The van der Waals surface area contributed by atoms with Gasteiger partial charge in [-0.05, 0) is 20.3 Å². The van der Waals surface area contributed by atoms with Gasteiger partial charge < -0.3 is 5.73 Å². The first kappa shape index (κ1) is 15.1. The monoisotopic (exact) mass is 274 g/mol. The summed E-state index contributed by atoms with van der Waals surface area (Å²) < 4.78 is 28.5. The van der Waals surface area contributed by atoms with Crippen molar-refractivity contribution in [2.24, 2.45) is 12.8 Å². The molecule has 104 valence electrons. The van der Waals surface area contributed by atoms with Gasteiger partial charge >= 0.3 is 0 Å². The third-order valence-electron chi connectivity index (χ3n) is 2.91. The highest BCUT2D eigenvalue weighted by Gasteiger charge is 2.23. The Hall–Kier alpha value is -0.920. The van der Waals surface area contributed by atoms with E-state index in [0.717, 1.165) is 12.8 Å². The topological polar surface area (TPSA) is 90.0 Å². The van der Waals surface area contributed by atoms with Gasteiger partial charge in [0.2, 0.25) is 10.0 Å². The molecule has 1 atom stereocenters. The fourth-order valence-electron chi connectivity index (χ4n) is 1.90. The fourth-order valence-corrected chi connectivity index (χ4v) is 3.43. The van der Waals surface area contributed by atoms with E-state index in [2.05, 4.69) is 9.82 Å². The van der Waals surface area contributed by atoms with Crippen molar-refractivity contribution in [3.63, 3.8) is 0 Å². The predicted octanol–water partition coefficient (Wildman–Crippen LogP) is 0.443. The maximum absolute atomic E-state index is 12.2. The van der Waals surface area contributed by atoms with Crippen LogP contribution in [0.25, 0.3) is 0 Å². The molecular formula is C11H22N4O2S. The average molecular weight is 274 g/mol. The molecule has 3 N–H and O–H groups in total. The quantitative estimate of drug-likeness (QED) is 0.787. The van der Waals surface area contributed by atoms with E-state index in [-0.39, 0.29) is 17.5 Å². The first-order valence-corrected chi connectivity index (χ1v) is 7.53. The van der Waals surface area contributed by atoms with Crippen LogP contribution in [0.2, 0.25) is 0 Å². The molecule has 1 aromatic heterocycles. The summed E-state index contributed by atoms with van der Waals surface area (Å²) in [6.07, 6.45) is 1.74. The molecule has 7 heteroatoms. The summed E-state index contributed by atoms with van der Waals surface area (Å²) in [5, 5.41) is 4.11. The summed E-state index contributed by atoms with van der Waals surface area (Å²) in [5.74, 6) is 0. The second-order valence-electron chi connectivity index (χ2n) is 4.52. The highest BCUT2D eigenvalue weighted by molar-refractivity contribution is 7.89. The minimum Gasteiger partial charge on any atom is -0.327 e. The molecule has 0 saturated heterocycles. The predicted molar refractivity (Wildman–Crippen MR) is 70.8 cm³/mol. The van der Waals surface area contributed by atoms with Crippen molar-refractivity contribution < 1.29 is 8.42 Å². The zero-order chi connectivity index (χ0) is 13.9. The zero-order valence-electron chi connectivity index (χ0n) is 11.4. The van der Waals surface area contributed by atoms with Crippen LogP contribution < -0.4 is 10.5 Å². The standard InChI is InChI=1S/C11H22N4O2S/c1-5-6-10(12)7-13-18(16,17)11-8(2)14-15(4)9(11)3/h10,13H,5-7,12H2,1-4H3. The van der Waals surface area contributed by atoms with Crippen molar-refractivity contribution in [1.29, 1.82) is 0 Å². The lowest BCUT2D eigenvalue weighted by atomic mass is 10.2. The van der Waals surface area contributed by atoms with E-state index in [9.17, 15) is 8.42 Å². The summed E-state index contributed by atoms with van der Waals surface area (Å²) in [4.78, 5) is 0.258. The lowest BCUT2D eigenvalue weighted by Gasteiger charge is -2.12. The van der Waals surface area contributed by atoms with Gasteiger partial charge in [-0.25, -0.2) is 13.1 Å². The van der Waals surface area contributed by atoms with Crippen LogP contribution in [0.5, 0.6) is 0 Å². The minimum atomic E-state index is -3.53. The van der Waals surface area contributed by atoms with Crippen LogP contribution in [0.3, 0.4) is 0 Å². The number of sulfonamides is 1. The minimum absolute atomic E-state index is 0.151. The van der Waals surface area contributed by atoms with E-state index < -0.39 is 10.0 Å². The van der Waals surface area contributed by atoms with E-state index in [0.29, 0.717) is 11.4 Å². The first-order chi connectivity index (χ1) is 8.29. The Labute approximate surface area is 109 Å². The van der Waals surface area contributed by atoms with Gasteiger partial charge in [0.05, 0.1) is 11.4 Å². The third kappa shape index (κ3) is 3.30. The molecule has 0 radical (unpaired) electrons. The Kier molecular flexibility index (Phi) is 4.89. The van der Waals surface area contributed by atoms with Gasteiger partial charge in [-0.2, -0.15) is 5.10 Å². The molecule has 0 amide bonds. The average Bonchev–Trinajstić information content (AvgIpc) is 2.51. The second-order valence-corrected chi connectivity index (χ2v) is 6.23. The van der Waals surface area contributed by atoms with Crippen LogP contribution in [0.4, 0.5) is 0 Å². The van der Waals surface area contributed by atoms with Crippen molar-refractivity contribution in [2.75, 3.05) is 6.54 Å². The van der Waals surface area contributed by atoms with E-state index in [4.69, 9.17) is 5.73 Å². The van der Waals surface area contributed by atoms with E-state index >= 15 is 0 Å². The number of nitrogens with one attached hydrogen (secondary N) is 1. The van der Waals surface area contributed by atoms with Crippen LogP contribution in [-0.2, 0) is 17.1 Å². The largest absolute Gasteiger partial charge is 0.327 e. The SMILES string of the molecule is CCCC(N)CNS(=O)(=O)c1c(C)nn(C)c1C. The molecule has 0 aliphatic carbocycles. The van der Waals surface area contributed by atoms with Crippen LogP contribution in [-0.4, -0.2) is 30.8 Å². The molecule has 0 aliphatic heterocycles. The zero-order valence-corrected chi connectivity index (χ0v) is 12.2. The number of hydrogen-bond donors (Lipinski definition) is 2. The molecule has 0 spiro atoms. The van der Waals surface area contributed by atoms with Crippen LogP contribution >= 0.6 is 0 Å². The fraction of sp³-hybridized carbons (Fsp3) is 0.727. The van der Waals surface area contributed by atoms with Gasteiger partial charge in [0.1, 0.15) is 4.90 Å². The maximum atomic E-state index is 12.2. The summed E-state index contributed by atoms with van der Waals surface area (Å²) in [6, 6.07) is -0.151. The van der Waals surface area contributed by atoms with E-state index in [1.165, 1.54) is 0 Å². The van der Waals surface area contributed by atoms with Gasteiger partial charge in [0.25, 0.3) is 0 Å².